The predicted molar refractivity (Wildman–Crippen MR) is 102 cm³/mol. The fourth-order valence-corrected chi connectivity index (χ4v) is 3.12. The van der Waals surface area contributed by atoms with Crippen molar-refractivity contribution in [2.45, 2.75) is 20.0 Å². The van der Waals surface area contributed by atoms with E-state index in [1.165, 1.54) is 0 Å². The predicted octanol–water partition coefficient (Wildman–Crippen LogP) is 3.82. The molecule has 0 aliphatic carbocycles. The Morgan fingerprint density at radius 2 is 1.88 bits per heavy atom. The van der Waals surface area contributed by atoms with Gasteiger partial charge in [-0.15, -0.1) is 0 Å². The number of aliphatic hydroxyl groups is 1. The Labute approximate surface area is 151 Å². The van der Waals surface area contributed by atoms with Crippen LogP contribution in [0.3, 0.4) is 0 Å². The monoisotopic (exact) mass is 345 g/mol. The average molecular weight is 345 g/mol. The third-order valence-electron chi connectivity index (χ3n) is 4.41. The number of H-pyrrole nitrogens is 1. The van der Waals surface area contributed by atoms with Crippen molar-refractivity contribution in [1.82, 2.24) is 19.9 Å². The number of benzene rings is 1. The van der Waals surface area contributed by atoms with Gasteiger partial charge in [-0.3, -0.25) is 4.98 Å². The first kappa shape index (κ1) is 16.2. The van der Waals surface area contributed by atoms with Crippen LogP contribution in [-0.2, 0) is 13.0 Å². The zero-order valence-electron chi connectivity index (χ0n) is 14.4. The molecular formula is C20H19N5O. The van der Waals surface area contributed by atoms with E-state index in [9.17, 15) is 5.11 Å². The normalized spacial score (nSPS) is 11.0. The minimum Gasteiger partial charge on any atom is -0.392 e. The lowest BCUT2D eigenvalue weighted by molar-refractivity contribution is 0.281. The second kappa shape index (κ2) is 6.93. The zero-order chi connectivity index (χ0) is 17.9. The lowest BCUT2D eigenvalue weighted by atomic mass is 10.0. The molecule has 6 nitrogen and oxygen atoms in total. The quantitative estimate of drug-likeness (QED) is 0.512. The number of nitrogens with zero attached hydrogens (tertiary/aromatic N) is 3. The third-order valence-corrected chi connectivity index (χ3v) is 4.41. The van der Waals surface area contributed by atoms with Crippen molar-refractivity contribution in [3.63, 3.8) is 0 Å². The number of aromatic amines is 1. The van der Waals surface area contributed by atoms with Crippen LogP contribution in [0.4, 0.5) is 11.4 Å². The minimum absolute atomic E-state index is 0.0285. The van der Waals surface area contributed by atoms with Crippen LogP contribution >= 0.6 is 0 Å². The Morgan fingerprint density at radius 3 is 2.65 bits per heavy atom. The molecule has 0 aliphatic rings. The zero-order valence-corrected chi connectivity index (χ0v) is 14.4. The number of rotatable bonds is 5. The van der Waals surface area contributed by atoms with E-state index in [1.54, 1.807) is 18.6 Å². The molecule has 6 heteroatoms. The standard InChI is InChI=1S/C20H19N5O/c1-2-15-14(12-26)4-3-5-16(15)23-17-8-11-22-20-18(17)24-19(25-20)13-6-9-21-10-7-13/h3-11,26H,2,12H2,1H3,(H2,22,23,24,25). The number of nitrogens with one attached hydrogen (secondary N) is 2. The summed E-state index contributed by atoms with van der Waals surface area (Å²) in [6.07, 6.45) is 6.05. The first-order valence-electron chi connectivity index (χ1n) is 8.54. The molecule has 0 saturated heterocycles. The molecule has 0 amide bonds. The molecular weight excluding hydrogens is 326 g/mol. The van der Waals surface area contributed by atoms with Crippen LogP contribution < -0.4 is 5.32 Å². The molecule has 0 saturated carbocycles. The molecule has 0 bridgehead atoms. The number of fused-ring (bicyclic) bond motifs is 1. The molecule has 3 heterocycles. The highest BCUT2D eigenvalue weighted by molar-refractivity contribution is 5.90. The van der Waals surface area contributed by atoms with Crippen molar-refractivity contribution in [3.8, 4) is 11.4 Å². The molecule has 0 spiro atoms. The van der Waals surface area contributed by atoms with Crippen molar-refractivity contribution in [3.05, 3.63) is 66.1 Å². The average Bonchev–Trinajstić information content (AvgIpc) is 3.14. The van der Waals surface area contributed by atoms with E-state index in [-0.39, 0.29) is 6.61 Å². The van der Waals surface area contributed by atoms with Crippen LogP contribution in [0.25, 0.3) is 22.6 Å². The number of hydrogen-bond donors (Lipinski definition) is 3. The van der Waals surface area contributed by atoms with Gasteiger partial charge in [-0.2, -0.15) is 0 Å². The molecule has 26 heavy (non-hydrogen) atoms. The largest absolute Gasteiger partial charge is 0.392 e. The highest BCUT2D eigenvalue weighted by atomic mass is 16.3. The Kier molecular flexibility index (Phi) is 4.33. The van der Waals surface area contributed by atoms with Gasteiger partial charge in [0.2, 0.25) is 0 Å². The van der Waals surface area contributed by atoms with Gasteiger partial charge in [-0.25, -0.2) is 9.97 Å². The van der Waals surface area contributed by atoms with E-state index < -0.39 is 0 Å². The summed E-state index contributed by atoms with van der Waals surface area (Å²) in [5, 5.41) is 13.1. The van der Waals surface area contributed by atoms with Crippen molar-refractivity contribution in [2.24, 2.45) is 0 Å². The van der Waals surface area contributed by atoms with E-state index in [0.717, 1.165) is 45.8 Å². The summed E-state index contributed by atoms with van der Waals surface area (Å²) in [4.78, 5) is 16.4. The van der Waals surface area contributed by atoms with Gasteiger partial charge in [0.15, 0.2) is 5.65 Å². The first-order valence-corrected chi connectivity index (χ1v) is 8.54. The fraction of sp³-hybridized carbons (Fsp3) is 0.150. The molecule has 130 valence electrons. The molecule has 0 unspecified atom stereocenters. The Bertz CT molecular complexity index is 1040. The Hall–Kier alpha value is -3.25. The maximum atomic E-state index is 9.58. The molecule has 1 aromatic carbocycles. The maximum Gasteiger partial charge on any atom is 0.180 e. The van der Waals surface area contributed by atoms with Gasteiger partial charge in [-0.1, -0.05) is 19.1 Å². The lowest BCUT2D eigenvalue weighted by Crippen LogP contribution is -2.00. The van der Waals surface area contributed by atoms with Crippen molar-refractivity contribution >= 4 is 22.5 Å². The van der Waals surface area contributed by atoms with Gasteiger partial charge in [0.25, 0.3) is 0 Å². The number of imidazole rings is 1. The van der Waals surface area contributed by atoms with E-state index in [4.69, 9.17) is 0 Å². The fourth-order valence-electron chi connectivity index (χ4n) is 3.12. The van der Waals surface area contributed by atoms with Crippen LogP contribution in [0.1, 0.15) is 18.1 Å². The molecule has 0 aliphatic heterocycles. The van der Waals surface area contributed by atoms with Gasteiger partial charge >= 0.3 is 0 Å². The summed E-state index contributed by atoms with van der Waals surface area (Å²) in [6, 6.07) is 11.6. The van der Waals surface area contributed by atoms with Crippen molar-refractivity contribution < 1.29 is 5.11 Å². The molecule has 3 aromatic heterocycles. The summed E-state index contributed by atoms with van der Waals surface area (Å²) >= 11 is 0. The van der Waals surface area contributed by atoms with Gasteiger partial charge < -0.3 is 15.4 Å². The summed E-state index contributed by atoms with van der Waals surface area (Å²) < 4.78 is 0. The maximum absolute atomic E-state index is 9.58. The van der Waals surface area contributed by atoms with E-state index >= 15 is 0 Å². The minimum atomic E-state index is 0.0285. The Morgan fingerprint density at radius 1 is 1.04 bits per heavy atom. The number of aliphatic hydroxyl groups excluding tert-OH is 1. The smallest absolute Gasteiger partial charge is 0.180 e. The second-order valence-corrected chi connectivity index (χ2v) is 5.96. The summed E-state index contributed by atoms with van der Waals surface area (Å²) in [7, 11) is 0. The molecule has 0 fully saturated rings. The number of pyridine rings is 2. The summed E-state index contributed by atoms with van der Waals surface area (Å²) in [5.74, 6) is 0.754. The molecule has 0 atom stereocenters. The molecule has 4 rings (SSSR count). The van der Waals surface area contributed by atoms with Crippen LogP contribution in [0.2, 0.25) is 0 Å². The van der Waals surface area contributed by atoms with Crippen LogP contribution in [0, 0.1) is 0 Å². The van der Waals surface area contributed by atoms with Crippen LogP contribution in [-0.4, -0.2) is 25.0 Å². The Balaban J connectivity index is 1.77. The summed E-state index contributed by atoms with van der Waals surface area (Å²) in [5.41, 5.74) is 6.37. The highest BCUT2D eigenvalue weighted by Gasteiger charge is 2.12. The molecule has 3 N–H and O–H groups in total. The van der Waals surface area contributed by atoms with Gasteiger partial charge in [-0.05, 0) is 41.8 Å². The lowest BCUT2D eigenvalue weighted by Gasteiger charge is -2.14. The third kappa shape index (κ3) is 2.91. The topological polar surface area (TPSA) is 86.7 Å². The van der Waals surface area contributed by atoms with Crippen LogP contribution in [0.5, 0.6) is 0 Å². The number of hydrogen-bond acceptors (Lipinski definition) is 5. The number of aromatic nitrogens is 4. The number of anilines is 2. The van der Waals surface area contributed by atoms with Gasteiger partial charge in [0.05, 0.1) is 12.3 Å². The van der Waals surface area contributed by atoms with Crippen molar-refractivity contribution in [1.29, 1.82) is 0 Å². The molecule has 4 aromatic rings. The molecule has 0 radical (unpaired) electrons. The van der Waals surface area contributed by atoms with Crippen LogP contribution in [0.15, 0.2) is 55.0 Å². The first-order chi connectivity index (χ1) is 12.8. The SMILES string of the molecule is CCc1c(CO)cccc1Nc1ccnc2nc(-c3ccncc3)[nH]c12. The van der Waals surface area contributed by atoms with Crippen molar-refractivity contribution in [2.75, 3.05) is 5.32 Å². The van der Waals surface area contributed by atoms with E-state index in [0.29, 0.717) is 5.65 Å². The van der Waals surface area contributed by atoms with Gasteiger partial charge in [0.1, 0.15) is 11.3 Å². The second-order valence-electron chi connectivity index (χ2n) is 5.96. The van der Waals surface area contributed by atoms with Gasteiger partial charge in [0, 0.05) is 29.8 Å². The highest BCUT2D eigenvalue weighted by Crippen LogP contribution is 2.29. The summed E-state index contributed by atoms with van der Waals surface area (Å²) in [6.45, 7) is 2.11. The van der Waals surface area contributed by atoms with E-state index in [2.05, 4.69) is 32.2 Å². The van der Waals surface area contributed by atoms with E-state index in [1.807, 2.05) is 36.4 Å².